The van der Waals surface area contributed by atoms with E-state index in [4.69, 9.17) is 0 Å². The second-order valence-corrected chi connectivity index (χ2v) is 12.3. The number of sulfonamides is 1. The van der Waals surface area contributed by atoms with Crippen LogP contribution in [0.2, 0.25) is 0 Å². The van der Waals surface area contributed by atoms with Crippen molar-refractivity contribution >= 4 is 10.0 Å². The minimum absolute atomic E-state index is 0.142. The highest BCUT2D eigenvalue weighted by Crippen LogP contribution is 2.37. The predicted molar refractivity (Wildman–Crippen MR) is 142 cm³/mol. The van der Waals surface area contributed by atoms with Crippen molar-refractivity contribution in [3.05, 3.63) is 101 Å². The number of piperidine rings is 1. The number of rotatable bonds is 7. The number of hydrogen-bond acceptors (Lipinski definition) is 3. The summed E-state index contributed by atoms with van der Waals surface area (Å²) in [7, 11) is -3.70. The van der Waals surface area contributed by atoms with Crippen molar-refractivity contribution in [3.8, 4) is 0 Å². The Kier molecular flexibility index (Phi) is 7.56. The van der Waals surface area contributed by atoms with E-state index in [0.717, 1.165) is 26.1 Å². The van der Waals surface area contributed by atoms with E-state index in [-0.39, 0.29) is 16.7 Å². The third-order valence-corrected chi connectivity index (χ3v) is 9.95. The molecule has 0 unspecified atom stereocenters. The highest BCUT2D eigenvalue weighted by molar-refractivity contribution is 7.89. The van der Waals surface area contributed by atoms with Gasteiger partial charge in [0.1, 0.15) is 5.82 Å². The first-order valence-electron chi connectivity index (χ1n) is 13.0. The van der Waals surface area contributed by atoms with Crippen LogP contribution in [-0.2, 0) is 16.4 Å². The largest absolute Gasteiger partial charge is 0.303 e. The minimum Gasteiger partial charge on any atom is -0.303 e. The summed E-state index contributed by atoms with van der Waals surface area (Å²) in [6.07, 6.45) is 3.48. The summed E-state index contributed by atoms with van der Waals surface area (Å²) in [5.74, 6) is 0.649. The number of halogens is 1. The first-order chi connectivity index (χ1) is 17.4. The molecule has 4 nitrogen and oxygen atoms in total. The summed E-state index contributed by atoms with van der Waals surface area (Å²) in [6, 6.07) is 25.0. The molecule has 36 heavy (non-hydrogen) atoms. The maximum absolute atomic E-state index is 13.7. The molecule has 3 aromatic carbocycles. The summed E-state index contributed by atoms with van der Waals surface area (Å²) >= 11 is 0. The molecule has 0 radical (unpaired) electrons. The van der Waals surface area contributed by atoms with Crippen LogP contribution in [0, 0.1) is 24.6 Å². The molecule has 2 aliphatic rings. The maximum atomic E-state index is 13.7. The molecular weight excluding hydrogens is 471 g/mol. The normalized spacial score (nSPS) is 22.2. The fraction of sp³-hybridized carbons (Fsp3) is 0.400. The van der Waals surface area contributed by atoms with E-state index in [1.165, 1.54) is 42.2 Å². The van der Waals surface area contributed by atoms with Gasteiger partial charge in [0.05, 0.1) is 4.90 Å². The first-order valence-corrected chi connectivity index (χ1v) is 14.4. The fourth-order valence-electron chi connectivity index (χ4n) is 5.98. The molecule has 190 valence electrons. The molecule has 0 N–H and O–H groups in total. The Balaban J connectivity index is 1.29. The van der Waals surface area contributed by atoms with Crippen LogP contribution < -0.4 is 0 Å². The number of aryl methyl sites for hydroxylation is 1. The van der Waals surface area contributed by atoms with Crippen LogP contribution in [-0.4, -0.2) is 50.3 Å². The van der Waals surface area contributed by atoms with Crippen LogP contribution in [0.5, 0.6) is 0 Å². The standard InChI is InChI=1S/C30H35FN2O2S/c1-23-18-28(31)12-13-30(23)36(34,35)33-21-27(29(22-33)26-10-6-3-7-11-26)20-32-16-14-25(15-17-32)19-24-8-4-2-5-9-24/h2-13,18,25,27,29H,14-17,19-22H2,1H3/t27-,29-/m1/s1. The molecule has 2 saturated heterocycles. The zero-order chi connectivity index (χ0) is 25.1. The van der Waals surface area contributed by atoms with E-state index >= 15 is 0 Å². The van der Waals surface area contributed by atoms with Gasteiger partial charge in [-0.1, -0.05) is 60.7 Å². The van der Waals surface area contributed by atoms with Gasteiger partial charge >= 0.3 is 0 Å². The number of nitrogens with zero attached hydrogens (tertiary/aromatic N) is 2. The van der Waals surface area contributed by atoms with Gasteiger partial charge in [0.15, 0.2) is 0 Å². The van der Waals surface area contributed by atoms with Gasteiger partial charge in [-0.2, -0.15) is 4.31 Å². The molecule has 0 spiro atoms. The summed E-state index contributed by atoms with van der Waals surface area (Å²) in [5.41, 5.74) is 3.05. The second kappa shape index (κ2) is 10.8. The van der Waals surface area contributed by atoms with Crippen molar-refractivity contribution in [2.75, 3.05) is 32.7 Å². The van der Waals surface area contributed by atoms with Gasteiger partial charge in [-0.15, -0.1) is 0 Å². The van der Waals surface area contributed by atoms with Gasteiger partial charge in [0, 0.05) is 25.6 Å². The Morgan fingerprint density at radius 1 is 0.889 bits per heavy atom. The summed E-state index contributed by atoms with van der Waals surface area (Å²) in [5, 5.41) is 0. The SMILES string of the molecule is Cc1cc(F)ccc1S(=O)(=O)N1C[C@@H](CN2CCC(Cc3ccccc3)CC2)[C@@H](c2ccccc2)C1. The Labute approximate surface area is 214 Å². The summed E-state index contributed by atoms with van der Waals surface area (Å²) in [6.45, 7) is 5.61. The average Bonchev–Trinajstić information content (AvgIpc) is 3.31. The molecule has 0 aliphatic carbocycles. The summed E-state index contributed by atoms with van der Waals surface area (Å²) in [4.78, 5) is 2.74. The Morgan fingerprint density at radius 3 is 2.22 bits per heavy atom. The number of hydrogen-bond donors (Lipinski definition) is 0. The molecule has 0 aromatic heterocycles. The third-order valence-electron chi connectivity index (χ3n) is 7.96. The van der Waals surface area contributed by atoms with Gasteiger partial charge in [-0.05, 0) is 86.0 Å². The Hall–Kier alpha value is -2.54. The molecule has 2 heterocycles. The van der Waals surface area contributed by atoms with E-state index in [2.05, 4.69) is 47.4 Å². The monoisotopic (exact) mass is 506 g/mol. The molecular formula is C30H35FN2O2S. The van der Waals surface area contributed by atoms with Gasteiger partial charge in [-0.3, -0.25) is 0 Å². The highest BCUT2D eigenvalue weighted by Gasteiger charge is 2.41. The van der Waals surface area contributed by atoms with Crippen molar-refractivity contribution in [3.63, 3.8) is 0 Å². The zero-order valence-electron chi connectivity index (χ0n) is 20.9. The lowest BCUT2D eigenvalue weighted by Crippen LogP contribution is -2.39. The lowest BCUT2D eigenvalue weighted by Gasteiger charge is -2.34. The predicted octanol–water partition coefficient (Wildman–Crippen LogP) is 5.49. The van der Waals surface area contributed by atoms with Gasteiger partial charge in [0.2, 0.25) is 10.0 Å². The van der Waals surface area contributed by atoms with Crippen molar-refractivity contribution in [1.29, 1.82) is 0 Å². The smallest absolute Gasteiger partial charge is 0.243 e. The molecule has 2 atom stereocenters. The van der Waals surface area contributed by atoms with Crippen molar-refractivity contribution in [1.82, 2.24) is 9.21 Å². The van der Waals surface area contributed by atoms with Crippen LogP contribution >= 0.6 is 0 Å². The molecule has 2 fully saturated rings. The quantitative estimate of drug-likeness (QED) is 0.425. The molecule has 5 rings (SSSR count). The minimum atomic E-state index is -3.70. The Bertz CT molecular complexity index is 1260. The van der Waals surface area contributed by atoms with Crippen LogP contribution in [0.25, 0.3) is 0 Å². The molecule has 0 bridgehead atoms. The van der Waals surface area contributed by atoms with Crippen molar-refractivity contribution in [2.45, 2.75) is 37.0 Å². The summed E-state index contributed by atoms with van der Waals surface area (Å²) < 4.78 is 42.5. The molecule has 2 aliphatic heterocycles. The molecule has 3 aromatic rings. The van der Waals surface area contributed by atoms with Crippen LogP contribution in [0.4, 0.5) is 4.39 Å². The Morgan fingerprint density at radius 2 is 1.56 bits per heavy atom. The first kappa shape index (κ1) is 25.1. The lowest BCUT2D eigenvalue weighted by molar-refractivity contribution is 0.158. The van der Waals surface area contributed by atoms with E-state index in [1.54, 1.807) is 11.2 Å². The average molecular weight is 507 g/mol. The fourth-order valence-corrected chi connectivity index (χ4v) is 7.71. The van der Waals surface area contributed by atoms with Crippen LogP contribution in [0.3, 0.4) is 0 Å². The van der Waals surface area contributed by atoms with E-state index in [1.807, 2.05) is 18.2 Å². The van der Waals surface area contributed by atoms with Crippen LogP contribution in [0.15, 0.2) is 83.8 Å². The molecule has 0 amide bonds. The lowest BCUT2D eigenvalue weighted by atomic mass is 9.86. The van der Waals surface area contributed by atoms with Crippen molar-refractivity contribution < 1.29 is 12.8 Å². The third kappa shape index (κ3) is 5.56. The van der Waals surface area contributed by atoms with Gasteiger partial charge in [0.25, 0.3) is 0 Å². The second-order valence-electron chi connectivity index (χ2n) is 10.4. The van der Waals surface area contributed by atoms with E-state index in [0.29, 0.717) is 24.6 Å². The van der Waals surface area contributed by atoms with Crippen molar-refractivity contribution in [2.24, 2.45) is 11.8 Å². The zero-order valence-corrected chi connectivity index (χ0v) is 21.7. The number of benzene rings is 3. The van der Waals surface area contributed by atoms with Gasteiger partial charge < -0.3 is 4.90 Å². The molecule has 0 saturated carbocycles. The van der Waals surface area contributed by atoms with Crippen LogP contribution in [0.1, 0.15) is 35.4 Å². The highest BCUT2D eigenvalue weighted by atomic mass is 32.2. The molecule has 6 heteroatoms. The maximum Gasteiger partial charge on any atom is 0.243 e. The van der Waals surface area contributed by atoms with Gasteiger partial charge in [-0.25, -0.2) is 12.8 Å². The number of likely N-dealkylation sites (tertiary alicyclic amines) is 1. The topological polar surface area (TPSA) is 40.6 Å². The van der Waals surface area contributed by atoms with E-state index < -0.39 is 15.8 Å². The van der Waals surface area contributed by atoms with E-state index in [9.17, 15) is 12.8 Å².